The summed E-state index contributed by atoms with van der Waals surface area (Å²) < 4.78 is 8.56. The molecular formula is C16H19BrN2O. The predicted octanol–water partition coefficient (Wildman–Crippen LogP) is 3.56. The monoisotopic (exact) mass is 334 g/mol. The number of hydrogen-bond acceptors (Lipinski definition) is 2. The van der Waals surface area contributed by atoms with Crippen molar-refractivity contribution in [2.24, 2.45) is 0 Å². The number of aromatic nitrogens is 1. The van der Waals surface area contributed by atoms with Gasteiger partial charge in [0, 0.05) is 31.0 Å². The van der Waals surface area contributed by atoms with Crippen LogP contribution in [0.4, 0.5) is 0 Å². The summed E-state index contributed by atoms with van der Waals surface area (Å²) >= 11 is 3.54. The van der Waals surface area contributed by atoms with Gasteiger partial charge < -0.3 is 14.6 Å². The summed E-state index contributed by atoms with van der Waals surface area (Å²) in [6.45, 7) is 1.84. The first kappa shape index (κ1) is 13.7. The third-order valence-corrected chi connectivity index (χ3v) is 4.26. The molecule has 0 radical (unpaired) electrons. The Kier molecular flexibility index (Phi) is 4.13. The van der Waals surface area contributed by atoms with Gasteiger partial charge in [-0.1, -0.05) is 6.07 Å². The van der Waals surface area contributed by atoms with Gasteiger partial charge in [0.1, 0.15) is 5.75 Å². The standard InChI is InChI=1S/C16H19BrN2O/c1-20-16-7-4-12(9-15(16)17)11-19-8-2-3-14(19)10-18-13-5-6-13/h2-4,7-9,13,18H,5-6,10-11H2,1H3. The fourth-order valence-corrected chi connectivity index (χ4v) is 2.89. The average molecular weight is 335 g/mol. The minimum Gasteiger partial charge on any atom is -0.496 e. The molecule has 1 heterocycles. The van der Waals surface area contributed by atoms with E-state index in [9.17, 15) is 0 Å². The molecule has 3 nitrogen and oxygen atoms in total. The van der Waals surface area contributed by atoms with Crippen LogP contribution in [0, 0.1) is 0 Å². The number of methoxy groups -OCH3 is 1. The van der Waals surface area contributed by atoms with Crippen molar-refractivity contribution in [1.29, 1.82) is 0 Å². The van der Waals surface area contributed by atoms with Crippen LogP contribution in [0.25, 0.3) is 0 Å². The maximum Gasteiger partial charge on any atom is 0.133 e. The van der Waals surface area contributed by atoms with Crippen molar-refractivity contribution in [3.8, 4) is 5.75 Å². The summed E-state index contributed by atoms with van der Waals surface area (Å²) in [6, 6.07) is 11.3. The number of ether oxygens (including phenoxy) is 1. The van der Waals surface area contributed by atoms with Gasteiger partial charge in [-0.3, -0.25) is 0 Å². The van der Waals surface area contributed by atoms with Gasteiger partial charge >= 0.3 is 0 Å². The highest BCUT2D eigenvalue weighted by molar-refractivity contribution is 9.10. The lowest BCUT2D eigenvalue weighted by atomic mass is 10.2. The van der Waals surface area contributed by atoms with E-state index in [1.165, 1.54) is 24.1 Å². The lowest BCUT2D eigenvalue weighted by molar-refractivity contribution is 0.412. The lowest BCUT2D eigenvalue weighted by Crippen LogP contribution is -2.18. The zero-order chi connectivity index (χ0) is 13.9. The van der Waals surface area contributed by atoms with Gasteiger partial charge in [0.15, 0.2) is 0 Å². The topological polar surface area (TPSA) is 26.2 Å². The van der Waals surface area contributed by atoms with Crippen LogP contribution in [0.2, 0.25) is 0 Å². The van der Waals surface area contributed by atoms with Crippen molar-refractivity contribution in [3.63, 3.8) is 0 Å². The molecule has 1 fully saturated rings. The second-order valence-electron chi connectivity index (χ2n) is 5.25. The molecule has 0 saturated heterocycles. The molecule has 1 aliphatic rings. The zero-order valence-electron chi connectivity index (χ0n) is 11.6. The minimum absolute atomic E-state index is 0.744. The van der Waals surface area contributed by atoms with Crippen LogP contribution in [-0.2, 0) is 13.1 Å². The predicted molar refractivity (Wildman–Crippen MR) is 84.1 cm³/mol. The van der Waals surface area contributed by atoms with Gasteiger partial charge in [-0.05, 0) is 58.6 Å². The molecule has 0 unspecified atom stereocenters. The number of halogens is 1. The van der Waals surface area contributed by atoms with E-state index < -0.39 is 0 Å². The molecule has 1 aliphatic carbocycles. The summed E-state index contributed by atoms with van der Waals surface area (Å²) in [5.74, 6) is 0.872. The Morgan fingerprint density at radius 3 is 2.90 bits per heavy atom. The van der Waals surface area contributed by atoms with Gasteiger partial charge in [-0.2, -0.15) is 0 Å². The highest BCUT2D eigenvalue weighted by Crippen LogP contribution is 2.26. The fourth-order valence-electron chi connectivity index (χ4n) is 2.31. The van der Waals surface area contributed by atoms with E-state index in [1.54, 1.807) is 7.11 Å². The first-order chi connectivity index (χ1) is 9.76. The molecule has 1 saturated carbocycles. The van der Waals surface area contributed by atoms with Crippen LogP contribution in [0.3, 0.4) is 0 Å². The molecule has 4 heteroatoms. The number of hydrogen-bond donors (Lipinski definition) is 1. The zero-order valence-corrected chi connectivity index (χ0v) is 13.2. The fraction of sp³-hybridized carbons (Fsp3) is 0.375. The Hall–Kier alpha value is -1.26. The van der Waals surface area contributed by atoms with Crippen LogP contribution in [0.15, 0.2) is 41.0 Å². The molecule has 0 spiro atoms. The molecule has 1 aromatic heterocycles. The Morgan fingerprint density at radius 1 is 1.35 bits per heavy atom. The van der Waals surface area contributed by atoms with Crippen molar-refractivity contribution in [1.82, 2.24) is 9.88 Å². The van der Waals surface area contributed by atoms with Crippen LogP contribution in [0.5, 0.6) is 5.75 Å². The van der Waals surface area contributed by atoms with Gasteiger partial charge in [0.05, 0.1) is 11.6 Å². The second kappa shape index (κ2) is 6.02. The number of rotatable bonds is 6. The summed E-state index contributed by atoms with van der Waals surface area (Å²) in [5.41, 5.74) is 2.60. The molecule has 3 rings (SSSR count). The molecule has 20 heavy (non-hydrogen) atoms. The molecule has 0 atom stereocenters. The van der Waals surface area contributed by atoms with Crippen molar-refractivity contribution >= 4 is 15.9 Å². The maximum atomic E-state index is 5.27. The lowest BCUT2D eigenvalue weighted by Gasteiger charge is -2.11. The third-order valence-electron chi connectivity index (χ3n) is 3.64. The second-order valence-corrected chi connectivity index (χ2v) is 6.11. The van der Waals surface area contributed by atoms with Crippen molar-refractivity contribution in [2.45, 2.75) is 32.0 Å². The smallest absolute Gasteiger partial charge is 0.133 e. The van der Waals surface area contributed by atoms with E-state index >= 15 is 0 Å². The van der Waals surface area contributed by atoms with E-state index in [0.717, 1.165) is 29.4 Å². The summed E-state index contributed by atoms with van der Waals surface area (Å²) in [7, 11) is 1.69. The third kappa shape index (κ3) is 3.25. The average Bonchev–Trinajstić information content (AvgIpc) is 3.17. The van der Waals surface area contributed by atoms with E-state index in [2.05, 4.69) is 56.3 Å². The first-order valence-corrected chi connectivity index (χ1v) is 7.75. The van der Waals surface area contributed by atoms with E-state index in [0.29, 0.717) is 0 Å². The number of benzene rings is 1. The molecule has 2 aromatic rings. The van der Waals surface area contributed by atoms with E-state index in [1.807, 2.05) is 6.07 Å². The normalized spacial score (nSPS) is 14.5. The molecular weight excluding hydrogens is 316 g/mol. The maximum absolute atomic E-state index is 5.27. The van der Waals surface area contributed by atoms with Gasteiger partial charge in [-0.25, -0.2) is 0 Å². The van der Waals surface area contributed by atoms with Crippen LogP contribution >= 0.6 is 15.9 Å². The molecule has 0 aliphatic heterocycles. The Labute approximate surface area is 128 Å². The highest BCUT2D eigenvalue weighted by Gasteiger charge is 2.20. The summed E-state index contributed by atoms with van der Waals surface area (Å²) in [6.07, 6.45) is 4.79. The number of nitrogens with one attached hydrogen (secondary N) is 1. The molecule has 0 amide bonds. The summed E-state index contributed by atoms with van der Waals surface area (Å²) in [4.78, 5) is 0. The van der Waals surface area contributed by atoms with Crippen molar-refractivity contribution < 1.29 is 4.74 Å². The molecule has 0 bridgehead atoms. The van der Waals surface area contributed by atoms with Crippen molar-refractivity contribution in [2.75, 3.05) is 7.11 Å². The highest BCUT2D eigenvalue weighted by atomic mass is 79.9. The molecule has 1 aromatic carbocycles. The van der Waals surface area contributed by atoms with Gasteiger partial charge in [0.25, 0.3) is 0 Å². The Morgan fingerprint density at radius 2 is 2.20 bits per heavy atom. The first-order valence-electron chi connectivity index (χ1n) is 6.96. The van der Waals surface area contributed by atoms with Crippen LogP contribution < -0.4 is 10.1 Å². The van der Waals surface area contributed by atoms with E-state index in [4.69, 9.17) is 4.74 Å². The number of nitrogens with zero attached hydrogens (tertiary/aromatic N) is 1. The van der Waals surface area contributed by atoms with Gasteiger partial charge in [0.2, 0.25) is 0 Å². The largest absolute Gasteiger partial charge is 0.496 e. The van der Waals surface area contributed by atoms with E-state index in [-0.39, 0.29) is 0 Å². The SMILES string of the molecule is COc1ccc(Cn2cccc2CNC2CC2)cc1Br. The quantitative estimate of drug-likeness (QED) is 0.874. The Bertz CT molecular complexity index is 590. The molecule has 1 N–H and O–H groups in total. The summed E-state index contributed by atoms with van der Waals surface area (Å²) in [5, 5.41) is 3.56. The van der Waals surface area contributed by atoms with Crippen LogP contribution in [-0.4, -0.2) is 17.7 Å². The molecule has 106 valence electrons. The minimum atomic E-state index is 0.744. The van der Waals surface area contributed by atoms with Gasteiger partial charge in [-0.15, -0.1) is 0 Å². The van der Waals surface area contributed by atoms with Crippen LogP contribution in [0.1, 0.15) is 24.1 Å². The van der Waals surface area contributed by atoms with Crippen molar-refractivity contribution in [3.05, 3.63) is 52.3 Å². The Balaban J connectivity index is 1.70.